The van der Waals surface area contributed by atoms with Crippen LogP contribution < -0.4 is 5.73 Å². The third-order valence-electron chi connectivity index (χ3n) is 4.09. The lowest BCUT2D eigenvalue weighted by Gasteiger charge is -2.22. The molecule has 130 valence electrons. The second kappa shape index (κ2) is 7.61. The standard InChI is InChI=1S/C16H27N3O3S/c1-13(2)7-8-18-9-10-19(12-15(20)11-18)23(21,22)16-5-3-14(17)4-6-16/h3-6,13,15,20H,7-12,17H2,1-2H3. The van der Waals surface area contributed by atoms with E-state index in [0.717, 1.165) is 13.0 Å². The van der Waals surface area contributed by atoms with Gasteiger partial charge in [0.2, 0.25) is 10.0 Å². The van der Waals surface area contributed by atoms with E-state index in [1.807, 2.05) is 0 Å². The van der Waals surface area contributed by atoms with Crippen molar-refractivity contribution in [2.75, 3.05) is 38.5 Å². The highest BCUT2D eigenvalue weighted by Crippen LogP contribution is 2.19. The number of nitrogen functional groups attached to an aromatic ring is 1. The monoisotopic (exact) mass is 341 g/mol. The average Bonchev–Trinajstić information content (AvgIpc) is 2.67. The first-order valence-corrected chi connectivity index (χ1v) is 9.49. The van der Waals surface area contributed by atoms with Crippen molar-refractivity contribution in [2.24, 2.45) is 5.92 Å². The summed E-state index contributed by atoms with van der Waals surface area (Å²) in [6.07, 6.45) is 0.366. The Balaban J connectivity index is 2.09. The van der Waals surface area contributed by atoms with E-state index in [4.69, 9.17) is 5.73 Å². The summed E-state index contributed by atoms with van der Waals surface area (Å²) in [7, 11) is -3.60. The molecule has 1 aromatic rings. The van der Waals surface area contributed by atoms with Crippen molar-refractivity contribution in [1.29, 1.82) is 0 Å². The minimum absolute atomic E-state index is 0.130. The number of β-amino-alcohol motifs (C(OH)–C–C–N with tert-alkyl or cyclic N) is 1. The molecule has 1 aromatic carbocycles. The first kappa shape index (κ1) is 18.2. The van der Waals surface area contributed by atoms with Gasteiger partial charge in [0.05, 0.1) is 11.0 Å². The number of aliphatic hydroxyl groups is 1. The summed E-state index contributed by atoms with van der Waals surface area (Å²) < 4.78 is 26.8. The molecule has 6 nitrogen and oxygen atoms in total. The molecular weight excluding hydrogens is 314 g/mol. The Labute approximate surface area is 138 Å². The fraction of sp³-hybridized carbons (Fsp3) is 0.625. The van der Waals surface area contributed by atoms with Crippen molar-refractivity contribution in [3.8, 4) is 0 Å². The van der Waals surface area contributed by atoms with E-state index >= 15 is 0 Å². The van der Waals surface area contributed by atoms with Crippen molar-refractivity contribution < 1.29 is 13.5 Å². The van der Waals surface area contributed by atoms with Gasteiger partial charge in [0, 0.05) is 31.9 Å². The van der Waals surface area contributed by atoms with Crippen LogP contribution in [0.5, 0.6) is 0 Å². The molecule has 1 aliphatic heterocycles. The quantitative estimate of drug-likeness (QED) is 0.780. The number of benzene rings is 1. The van der Waals surface area contributed by atoms with Crippen molar-refractivity contribution in [1.82, 2.24) is 9.21 Å². The molecule has 1 saturated heterocycles. The molecule has 0 radical (unpaired) electrons. The fourth-order valence-electron chi connectivity index (χ4n) is 2.68. The molecule has 0 aromatic heterocycles. The maximum absolute atomic E-state index is 12.7. The summed E-state index contributed by atoms with van der Waals surface area (Å²) in [6.45, 7) is 6.87. The maximum atomic E-state index is 12.7. The highest BCUT2D eigenvalue weighted by molar-refractivity contribution is 7.89. The van der Waals surface area contributed by atoms with Crippen molar-refractivity contribution in [3.63, 3.8) is 0 Å². The normalized spacial score (nSPS) is 21.5. The smallest absolute Gasteiger partial charge is 0.243 e. The van der Waals surface area contributed by atoms with Crippen LogP contribution in [-0.2, 0) is 10.0 Å². The first-order chi connectivity index (χ1) is 10.8. The molecule has 1 unspecified atom stereocenters. The first-order valence-electron chi connectivity index (χ1n) is 8.05. The van der Waals surface area contributed by atoms with Gasteiger partial charge in [-0.2, -0.15) is 4.31 Å². The third kappa shape index (κ3) is 4.91. The van der Waals surface area contributed by atoms with E-state index in [9.17, 15) is 13.5 Å². The molecule has 2 rings (SSSR count). The Morgan fingerprint density at radius 2 is 1.87 bits per heavy atom. The van der Waals surface area contributed by atoms with Crippen molar-refractivity contribution in [2.45, 2.75) is 31.3 Å². The number of anilines is 1. The lowest BCUT2D eigenvalue weighted by molar-refractivity contribution is 0.120. The molecule has 1 fully saturated rings. The number of nitrogens with zero attached hydrogens (tertiary/aromatic N) is 2. The molecule has 7 heteroatoms. The van der Waals surface area contributed by atoms with Gasteiger partial charge in [-0.05, 0) is 43.1 Å². The highest BCUT2D eigenvalue weighted by Gasteiger charge is 2.30. The summed E-state index contributed by atoms with van der Waals surface area (Å²) in [5.41, 5.74) is 6.14. The summed E-state index contributed by atoms with van der Waals surface area (Å²) in [5, 5.41) is 10.2. The van der Waals surface area contributed by atoms with Gasteiger partial charge in [-0.1, -0.05) is 13.8 Å². The number of rotatable bonds is 5. The molecular formula is C16H27N3O3S. The molecule has 1 aliphatic rings. The van der Waals surface area contributed by atoms with Gasteiger partial charge in [-0.15, -0.1) is 0 Å². The van der Waals surface area contributed by atoms with Crippen LogP contribution >= 0.6 is 0 Å². The van der Waals surface area contributed by atoms with E-state index in [0.29, 0.717) is 31.2 Å². The van der Waals surface area contributed by atoms with Crippen LogP contribution in [0.1, 0.15) is 20.3 Å². The molecule has 23 heavy (non-hydrogen) atoms. The largest absolute Gasteiger partial charge is 0.399 e. The number of nitrogens with two attached hydrogens (primary N) is 1. The Hall–Kier alpha value is -1.15. The second-order valence-corrected chi connectivity index (χ2v) is 8.51. The number of hydrogen-bond acceptors (Lipinski definition) is 5. The molecule has 1 atom stereocenters. The summed E-state index contributed by atoms with van der Waals surface area (Å²) in [6, 6.07) is 6.18. The molecule has 0 aliphatic carbocycles. The topological polar surface area (TPSA) is 86.9 Å². The number of hydrogen-bond donors (Lipinski definition) is 2. The van der Waals surface area contributed by atoms with E-state index in [1.165, 1.54) is 16.4 Å². The van der Waals surface area contributed by atoms with Gasteiger partial charge in [0.15, 0.2) is 0 Å². The summed E-state index contributed by atoms with van der Waals surface area (Å²) in [4.78, 5) is 2.36. The Morgan fingerprint density at radius 3 is 2.48 bits per heavy atom. The molecule has 3 N–H and O–H groups in total. The minimum Gasteiger partial charge on any atom is -0.399 e. The lowest BCUT2D eigenvalue weighted by Crippen LogP contribution is -2.37. The predicted octanol–water partition coefficient (Wildman–Crippen LogP) is 0.982. The van der Waals surface area contributed by atoms with E-state index < -0.39 is 16.1 Å². The molecule has 0 spiro atoms. The van der Waals surface area contributed by atoms with Gasteiger partial charge in [-0.3, -0.25) is 4.90 Å². The van der Waals surface area contributed by atoms with Gasteiger partial charge in [-0.25, -0.2) is 8.42 Å². The van der Waals surface area contributed by atoms with Gasteiger partial charge in [0.25, 0.3) is 0 Å². The van der Waals surface area contributed by atoms with Crippen LogP contribution in [0.2, 0.25) is 0 Å². The molecule has 0 saturated carbocycles. The molecule has 0 bridgehead atoms. The maximum Gasteiger partial charge on any atom is 0.243 e. The Bertz CT molecular complexity index is 602. The van der Waals surface area contributed by atoms with Crippen LogP contribution in [0.3, 0.4) is 0 Å². The zero-order chi connectivity index (χ0) is 17.0. The van der Waals surface area contributed by atoms with Gasteiger partial charge < -0.3 is 10.8 Å². The second-order valence-electron chi connectivity index (χ2n) is 6.57. The van der Waals surface area contributed by atoms with E-state index in [2.05, 4.69) is 18.7 Å². The van der Waals surface area contributed by atoms with Gasteiger partial charge >= 0.3 is 0 Å². The van der Waals surface area contributed by atoms with E-state index in [-0.39, 0.29) is 11.4 Å². The van der Waals surface area contributed by atoms with Crippen LogP contribution in [0, 0.1) is 5.92 Å². The third-order valence-corrected chi connectivity index (χ3v) is 5.97. The molecule has 0 amide bonds. The number of aliphatic hydroxyl groups excluding tert-OH is 1. The Kier molecular flexibility index (Phi) is 6.02. The van der Waals surface area contributed by atoms with Crippen molar-refractivity contribution >= 4 is 15.7 Å². The Morgan fingerprint density at radius 1 is 1.22 bits per heavy atom. The fourth-order valence-corrected chi connectivity index (χ4v) is 4.15. The average molecular weight is 341 g/mol. The zero-order valence-electron chi connectivity index (χ0n) is 13.9. The minimum atomic E-state index is -3.60. The lowest BCUT2D eigenvalue weighted by atomic mass is 10.1. The predicted molar refractivity (Wildman–Crippen MR) is 91.5 cm³/mol. The zero-order valence-corrected chi connectivity index (χ0v) is 14.7. The van der Waals surface area contributed by atoms with E-state index in [1.54, 1.807) is 12.1 Å². The van der Waals surface area contributed by atoms with Crippen LogP contribution in [0.25, 0.3) is 0 Å². The van der Waals surface area contributed by atoms with Gasteiger partial charge in [0.1, 0.15) is 0 Å². The molecule has 1 heterocycles. The van der Waals surface area contributed by atoms with Crippen molar-refractivity contribution in [3.05, 3.63) is 24.3 Å². The number of sulfonamides is 1. The van der Waals surface area contributed by atoms with Crippen LogP contribution in [0.4, 0.5) is 5.69 Å². The summed E-state index contributed by atoms with van der Waals surface area (Å²) in [5.74, 6) is 0.588. The van der Waals surface area contributed by atoms with Crippen LogP contribution in [-0.4, -0.2) is 61.6 Å². The summed E-state index contributed by atoms with van der Waals surface area (Å²) >= 11 is 0. The highest BCUT2D eigenvalue weighted by atomic mass is 32.2. The van der Waals surface area contributed by atoms with Crippen LogP contribution in [0.15, 0.2) is 29.2 Å². The SMILES string of the molecule is CC(C)CCN1CCN(S(=O)(=O)c2ccc(N)cc2)CC(O)C1.